The standard InChI is InChI=1S/C8HF17O3S.Sc/c9-1(10,3(13,14)5(17,18)7(21,22)23)2(11,12)4(15,16)6(19,20)8(24,25)29(26,27)28;/h(H,26,27,28);. The van der Waals surface area contributed by atoms with E-state index in [0.717, 1.165) is 0 Å². The van der Waals surface area contributed by atoms with Crippen molar-refractivity contribution in [1.82, 2.24) is 0 Å². The van der Waals surface area contributed by atoms with E-state index in [4.69, 9.17) is 4.55 Å². The molecule has 0 rings (SSSR count). The van der Waals surface area contributed by atoms with E-state index in [0.29, 0.717) is 0 Å². The van der Waals surface area contributed by atoms with Crippen LogP contribution in [0.5, 0.6) is 0 Å². The molecule has 0 saturated carbocycles. The number of rotatable bonds is 7. The summed E-state index contributed by atoms with van der Waals surface area (Å²) in [4.78, 5) is 0. The zero-order valence-corrected chi connectivity index (χ0v) is 15.3. The van der Waals surface area contributed by atoms with Gasteiger partial charge in [-0.1, -0.05) is 0 Å². The van der Waals surface area contributed by atoms with Gasteiger partial charge in [0.25, 0.3) is 0 Å². The predicted molar refractivity (Wildman–Crippen MR) is 52.2 cm³/mol. The summed E-state index contributed by atoms with van der Waals surface area (Å²) in [7, 11) is -7.89. The Morgan fingerprint density at radius 2 is 0.633 bits per heavy atom. The van der Waals surface area contributed by atoms with Gasteiger partial charge in [-0.15, -0.1) is 0 Å². The van der Waals surface area contributed by atoms with Crippen LogP contribution in [0.15, 0.2) is 0 Å². The minimum atomic E-state index is -8.89. The van der Waals surface area contributed by atoms with Crippen molar-refractivity contribution in [3.8, 4) is 0 Å². The molecule has 3 nitrogen and oxygen atoms in total. The Labute approximate surface area is 171 Å². The molecule has 0 unspecified atom stereocenters. The van der Waals surface area contributed by atoms with Crippen LogP contribution in [0.1, 0.15) is 0 Å². The molecular formula is C8HF17O3SSc. The van der Waals surface area contributed by atoms with Gasteiger partial charge in [-0.2, -0.15) is 83.1 Å². The molecule has 0 aromatic heterocycles. The molecule has 1 radical (unpaired) electrons. The Morgan fingerprint density at radius 1 is 0.433 bits per heavy atom. The maximum Gasteiger partial charge on any atom is 0.460 e. The van der Waals surface area contributed by atoms with Gasteiger partial charge >= 0.3 is 57.1 Å². The summed E-state index contributed by atoms with van der Waals surface area (Å²) < 4.78 is 242. The van der Waals surface area contributed by atoms with Crippen molar-refractivity contribution < 1.29 is 113 Å². The van der Waals surface area contributed by atoms with Gasteiger partial charge < -0.3 is 0 Å². The second-order valence-electron chi connectivity index (χ2n) is 4.94. The van der Waals surface area contributed by atoms with Crippen LogP contribution in [0, 0.1) is 0 Å². The smallest absolute Gasteiger partial charge is 0.281 e. The van der Waals surface area contributed by atoms with Gasteiger partial charge in [0.1, 0.15) is 0 Å². The first-order valence-corrected chi connectivity index (χ1v) is 7.12. The SMILES string of the molecule is O=S(=O)(O)C(F)(F)C(F)(F)C(F)(F)C(F)(F)C(F)(F)C(F)(F)C(F)(F)C(F)(F)F.[Sc]. The van der Waals surface area contributed by atoms with Crippen molar-refractivity contribution in [3.05, 3.63) is 0 Å². The van der Waals surface area contributed by atoms with E-state index in [1.54, 1.807) is 0 Å². The van der Waals surface area contributed by atoms with E-state index in [9.17, 15) is 83.1 Å². The first kappa shape index (κ1) is 31.8. The van der Waals surface area contributed by atoms with Crippen LogP contribution in [0.3, 0.4) is 0 Å². The second kappa shape index (κ2) is 7.58. The van der Waals surface area contributed by atoms with Crippen LogP contribution >= 0.6 is 0 Å². The topological polar surface area (TPSA) is 54.4 Å². The van der Waals surface area contributed by atoms with Crippen LogP contribution in [-0.2, 0) is 36.0 Å². The fourth-order valence-corrected chi connectivity index (χ4v) is 1.76. The first-order valence-electron chi connectivity index (χ1n) is 5.68. The normalized spacial score (nSPS) is 16.3. The molecule has 0 heterocycles. The number of halogens is 17. The third-order valence-corrected chi connectivity index (χ3v) is 3.92. The zero-order chi connectivity index (χ0) is 24.5. The number of hydrogen-bond donors (Lipinski definition) is 1. The van der Waals surface area contributed by atoms with Gasteiger partial charge in [0.15, 0.2) is 0 Å². The summed E-state index contributed by atoms with van der Waals surface area (Å²) in [6, 6.07) is 0. The number of hydrogen-bond acceptors (Lipinski definition) is 2. The van der Waals surface area contributed by atoms with Crippen molar-refractivity contribution in [1.29, 1.82) is 0 Å². The molecule has 179 valence electrons. The van der Waals surface area contributed by atoms with E-state index >= 15 is 0 Å². The van der Waals surface area contributed by atoms with Gasteiger partial charge in [0.2, 0.25) is 0 Å². The molecule has 0 aromatic carbocycles. The molecule has 1 N–H and O–H groups in total. The Kier molecular flexibility index (Phi) is 8.03. The minimum Gasteiger partial charge on any atom is -0.281 e. The molecule has 0 amide bonds. The van der Waals surface area contributed by atoms with Gasteiger partial charge in [-0.05, 0) is 0 Å². The van der Waals surface area contributed by atoms with Gasteiger partial charge in [-0.25, -0.2) is 0 Å². The van der Waals surface area contributed by atoms with Gasteiger partial charge in [0.05, 0.1) is 0 Å². The van der Waals surface area contributed by atoms with E-state index < -0.39 is 57.1 Å². The minimum absolute atomic E-state index is 0. The average molecular weight is 545 g/mol. The molecule has 0 atom stereocenters. The second-order valence-corrected chi connectivity index (χ2v) is 6.40. The third-order valence-electron chi connectivity index (χ3n) is 3.02. The molecule has 0 saturated heterocycles. The summed E-state index contributed by atoms with van der Waals surface area (Å²) in [5.74, 6) is -52.0. The summed E-state index contributed by atoms with van der Waals surface area (Å²) in [5.41, 5.74) is 0. The maximum absolute atomic E-state index is 13.0. The van der Waals surface area contributed by atoms with Crippen molar-refractivity contribution >= 4 is 10.1 Å². The fraction of sp³-hybridized carbons (Fsp3) is 1.00. The largest absolute Gasteiger partial charge is 0.460 e. The van der Waals surface area contributed by atoms with Crippen LogP contribution < -0.4 is 0 Å². The zero-order valence-electron chi connectivity index (χ0n) is 12.7. The summed E-state index contributed by atoms with van der Waals surface area (Å²) in [5, 5.41) is -7.84. The quantitative estimate of drug-likeness (QED) is 0.369. The monoisotopic (exact) mass is 545 g/mol. The van der Waals surface area contributed by atoms with Crippen molar-refractivity contribution in [3.63, 3.8) is 0 Å². The van der Waals surface area contributed by atoms with E-state index in [2.05, 4.69) is 0 Å². The molecule has 30 heavy (non-hydrogen) atoms. The van der Waals surface area contributed by atoms with Crippen LogP contribution in [0.2, 0.25) is 0 Å². The maximum atomic E-state index is 13.0. The molecular weight excluding hydrogens is 544 g/mol. The van der Waals surface area contributed by atoms with Crippen molar-refractivity contribution in [2.75, 3.05) is 0 Å². The summed E-state index contributed by atoms with van der Waals surface area (Å²) >= 11 is 0. The van der Waals surface area contributed by atoms with E-state index in [1.165, 1.54) is 0 Å². The van der Waals surface area contributed by atoms with Crippen LogP contribution in [-0.4, -0.2) is 59.9 Å². The fourth-order valence-electron chi connectivity index (χ4n) is 1.31. The molecule has 0 aliphatic rings. The Morgan fingerprint density at radius 3 is 0.833 bits per heavy atom. The first-order chi connectivity index (χ1) is 12.0. The molecule has 0 aromatic rings. The van der Waals surface area contributed by atoms with Crippen LogP contribution in [0.25, 0.3) is 0 Å². The molecule has 0 bridgehead atoms. The molecule has 22 heteroatoms. The molecule has 0 aliphatic heterocycles. The Bertz CT molecular complexity index is 739. The molecule has 0 spiro atoms. The molecule has 0 fully saturated rings. The van der Waals surface area contributed by atoms with E-state index in [-0.39, 0.29) is 25.8 Å². The van der Waals surface area contributed by atoms with Crippen molar-refractivity contribution in [2.24, 2.45) is 0 Å². The summed E-state index contributed by atoms with van der Waals surface area (Å²) in [6.45, 7) is 0. The molecule has 0 aliphatic carbocycles. The van der Waals surface area contributed by atoms with Gasteiger partial charge in [0, 0.05) is 25.8 Å². The van der Waals surface area contributed by atoms with Crippen molar-refractivity contribution in [2.45, 2.75) is 47.0 Å². The predicted octanol–water partition coefficient (Wildman–Crippen LogP) is 4.84. The number of alkyl halides is 17. The summed E-state index contributed by atoms with van der Waals surface area (Å²) in [6.07, 6.45) is -7.88. The van der Waals surface area contributed by atoms with Gasteiger partial charge in [-0.3, -0.25) is 4.55 Å². The third kappa shape index (κ3) is 3.81. The average Bonchev–Trinajstić information content (AvgIpc) is 2.43. The van der Waals surface area contributed by atoms with Crippen LogP contribution in [0.4, 0.5) is 74.6 Å². The van der Waals surface area contributed by atoms with E-state index in [1.807, 2.05) is 0 Å². The Hall–Kier alpha value is -0.410. The Balaban J connectivity index is 0.